The molecule has 4 rings (SSSR count). The molecule has 11 heteroatoms. The number of carbonyl (C=O) groups excluding carboxylic acids is 2. The fourth-order valence-corrected chi connectivity index (χ4v) is 3.92. The van der Waals surface area contributed by atoms with Crippen LogP contribution >= 0.6 is 27.5 Å². The lowest BCUT2D eigenvalue weighted by molar-refractivity contribution is 0.101. The maximum atomic E-state index is 12.6. The van der Waals surface area contributed by atoms with Gasteiger partial charge in [-0.3, -0.25) is 14.3 Å². The predicted octanol–water partition coefficient (Wildman–Crippen LogP) is 5.06. The first-order valence-electron chi connectivity index (χ1n) is 10.3. The zero-order valence-corrected chi connectivity index (χ0v) is 20.4. The standard InChI is InChI=1S/C23H20BrClN6O3/c1-2-31-20(8-10-26-31)23(33)28-17-5-3-4-16(13-17)27-22(32)19-9-11-30(29-19)14-34-21-7-6-15(25)12-18(21)24/h3-13H,2,14H2,1H3,(H,27,32)(H,28,33). The Bertz CT molecular complexity index is 1340. The Labute approximate surface area is 208 Å². The molecule has 0 fully saturated rings. The fourth-order valence-electron chi connectivity index (χ4n) is 3.13. The number of hydrogen-bond acceptors (Lipinski definition) is 5. The van der Waals surface area contributed by atoms with Crippen LogP contribution in [-0.2, 0) is 13.3 Å². The SMILES string of the molecule is CCn1nccc1C(=O)Nc1cccc(NC(=O)c2ccn(COc3ccc(Cl)cc3Br)n2)c1. The molecule has 0 spiro atoms. The first kappa shape index (κ1) is 23.5. The van der Waals surface area contributed by atoms with Crippen molar-refractivity contribution in [1.29, 1.82) is 0 Å². The maximum Gasteiger partial charge on any atom is 0.276 e. The first-order valence-corrected chi connectivity index (χ1v) is 11.5. The van der Waals surface area contributed by atoms with Crippen molar-refractivity contribution in [1.82, 2.24) is 19.6 Å². The summed E-state index contributed by atoms with van der Waals surface area (Å²) in [5.74, 6) is -0.0698. The number of amides is 2. The average molecular weight is 544 g/mol. The molecule has 34 heavy (non-hydrogen) atoms. The molecule has 0 aliphatic carbocycles. The molecule has 0 aliphatic heterocycles. The Morgan fingerprint density at radius 1 is 1.06 bits per heavy atom. The molecule has 2 N–H and O–H groups in total. The van der Waals surface area contributed by atoms with Gasteiger partial charge in [0.25, 0.3) is 11.8 Å². The highest BCUT2D eigenvalue weighted by Gasteiger charge is 2.13. The maximum absolute atomic E-state index is 12.6. The number of rotatable bonds is 8. The number of anilines is 2. The van der Waals surface area contributed by atoms with Gasteiger partial charge in [0.05, 0.1) is 4.47 Å². The summed E-state index contributed by atoms with van der Waals surface area (Å²) in [6, 6.07) is 15.3. The van der Waals surface area contributed by atoms with Crippen molar-refractivity contribution < 1.29 is 14.3 Å². The van der Waals surface area contributed by atoms with Crippen LogP contribution in [0.2, 0.25) is 5.02 Å². The molecule has 2 aromatic heterocycles. The highest BCUT2D eigenvalue weighted by molar-refractivity contribution is 9.10. The molecule has 2 heterocycles. The third-order valence-corrected chi connectivity index (χ3v) is 5.60. The van der Waals surface area contributed by atoms with E-state index < -0.39 is 0 Å². The van der Waals surface area contributed by atoms with Crippen LogP contribution in [-0.4, -0.2) is 31.4 Å². The minimum absolute atomic E-state index is 0.114. The molecule has 0 bridgehead atoms. The lowest BCUT2D eigenvalue weighted by Crippen LogP contribution is -2.18. The molecule has 2 amide bonds. The van der Waals surface area contributed by atoms with E-state index in [9.17, 15) is 9.59 Å². The van der Waals surface area contributed by atoms with Gasteiger partial charge >= 0.3 is 0 Å². The second-order valence-electron chi connectivity index (χ2n) is 7.11. The van der Waals surface area contributed by atoms with Crippen LogP contribution in [0.3, 0.4) is 0 Å². The smallest absolute Gasteiger partial charge is 0.276 e. The van der Waals surface area contributed by atoms with Crippen LogP contribution < -0.4 is 15.4 Å². The number of aryl methyl sites for hydroxylation is 1. The molecule has 9 nitrogen and oxygen atoms in total. The Morgan fingerprint density at radius 3 is 2.56 bits per heavy atom. The van der Waals surface area contributed by atoms with Gasteiger partial charge in [-0.2, -0.15) is 10.2 Å². The second-order valence-corrected chi connectivity index (χ2v) is 8.40. The Kier molecular flexibility index (Phi) is 7.29. The minimum Gasteiger partial charge on any atom is -0.470 e. The van der Waals surface area contributed by atoms with Crippen molar-refractivity contribution >= 4 is 50.7 Å². The van der Waals surface area contributed by atoms with Crippen LogP contribution in [0.25, 0.3) is 0 Å². The summed E-state index contributed by atoms with van der Waals surface area (Å²) in [7, 11) is 0. The average Bonchev–Trinajstić information content (AvgIpc) is 3.48. The van der Waals surface area contributed by atoms with Crippen molar-refractivity contribution in [2.75, 3.05) is 10.6 Å². The van der Waals surface area contributed by atoms with Gasteiger partial charge in [-0.05, 0) is 71.4 Å². The Hall–Kier alpha value is -3.63. The Morgan fingerprint density at radius 2 is 1.82 bits per heavy atom. The summed E-state index contributed by atoms with van der Waals surface area (Å²) in [5.41, 5.74) is 1.73. The van der Waals surface area contributed by atoms with E-state index in [1.807, 2.05) is 6.92 Å². The molecule has 0 atom stereocenters. The quantitative estimate of drug-likeness (QED) is 0.323. The summed E-state index contributed by atoms with van der Waals surface area (Å²) in [4.78, 5) is 25.2. The molecular formula is C23H20BrClN6O3. The van der Waals surface area contributed by atoms with Gasteiger partial charge < -0.3 is 15.4 Å². The molecule has 4 aromatic rings. The molecular weight excluding hydrogens is 524 g/mol. The summed E-state index contributed by atoms with van der Waals surface area (Å²) in [5, 5.41) is 14.5. The first-order chi connectivity index (χ1) is 16.4. The molecule has 2 aromatic carbocycles. The van der Waals surface area contributed by atoms with Gasteiger partial charge in [-0.25, -0.2) is 4.68 Å². The zero-order chi connectivity index (χ0) is 24.1. The van der Waals surface area contributed by atoms with Crippen LogP contribution in [0.5, 0.6) is 5.75 Å². The minimum atomic E-state index is -0.390. The van der Waals surface area contributed by atoms with E-state index in [1.165, 1.54) is 4.68 Å². The third-order valence-electron chi connectivity index (χ3n) is 4.75. The fraction of sp³-hybridized carbons (Fsp3) is 0.130. The van der Waals surface area contributed by atoms with E-state index in [-0.39, 0.29) is 24.2 Å². The highest BCUT2D eigenvalue weighted by atomic mass is 79.9. The summed E-state index contributed by atoms with van der Waals surface area (Å²) >= 11 is 9.33. The van der Waals surface area contributed by atoms with Crippen molar-refractivity contribution in [3.63, 3.8) is 0 Å². The highest BCUT2D eigenvalue weighted by Crippen LogP contribution is 2.28. The summed E-state index contributed by atoms with van der Waals surface area (Å²) in [6.45, 7) is 2.61. The van der Waals surface area contributed by atoms with Crippen LogP contribution in [0.15, 0.2) is 71.5 Å². The largest absolute Gasteiger partial charge is 0.470 e. The molecule has 0 unspecified atom stereocenters. The number of halogens is 2. The van der Waals surface area contributed by atoms with Crippen molar-refractivity contribution in [2.45, 2.75) is 20.2 Å². The number of aromatic nitrogens is 4. The number of hydrogen-bond donors (Lipinski definition) is 2. The van der Waals surface area contributed by atoms with Gasteiger partial charge in [-0.15, -0.1) is 0 Å². The summed E-state index contributed by atoms with van der Waals surface area (Å²) in [6.07, 6.45) is 3.22. The van der Waals surface area contributed by atoms with Gasteiger partial charge in [0, 0.05) is 35.3 Å². The summed E-state index contributed by atoms with van der Waals surface area (Å²) < 4.78 is 9.53. The predicted molar refractivity (Wildman–Crippen MR) is 132 cm³/mol. The van der Waals surface area contributed by atoms with E-state index in [2.05, 4.69) is 36.8 Å². The number of benzene rings is 2. The van der Waals surface area contributed by atoms with Crippen LogP contribution in [0.4, 0.5) is 11.4 Å². The van der Waals surface area contributed by atoms with Gasteiger partial charge in [0.1, 0.15) is 11.4 Å². The van der Waals surface area contributed by atoms with Gasteiger partial charge in [-0.1, -0.05) is 17.7 Å². The number of nitrogens with one attached hydrogen (secondary N) is 2. The van der Waals surface area contributed by atoms with Crippen molar-refractivity contribution in [3.05, 3.63) is 87.9 Å². The lowest BCUT2D eigenvalue weighted by Gasteiger charge is -2.09. The Balaban J connectivity index is 1.36. The second kappa shape index (κ2) is 10.5. The van der Waals surface area contributed by atoms with Crippen LogP contribution in [0.1, 0.15) is 27.9 Å². The van der Waals surface area contributed by atoms with Gasteiger partial charge in [0.15, 0.2) is 12.4 Å². The molecule has 0 aliphatic rings. The van der Waals surface area contributed by atoms with Gasteiger partial charge in [0.2, 0.25) is 0 Å². The topological polar surface area (TPSA) is 103 Å². The number of ether oxygens (including phenoxy) is 1. The van der Waals surface area contributed by atoms with Crippen LogP contribution in [0, 0.1) is 0 Å². The molecule has 0 saturated carbocycles. The monoisotopic (exact) mass is 542 g/mol. The molecule has 0 radical (unpaired) electrons. The van der Waals surface area contributed by atoms with E-state index in [0.717, 1.165) is 4.47 Å². The third kappa shape index (κ3) is 5.64. The number of nitrogens with zero attached hydrogens (tertiary/aromatic N) is 4. The van der Waals surface area contributed by atoms with E-state index >= 15 is 0 Å². The zero-order valence-electron chi connectivity index (χ0n) is 18.0. The lowest BCUT2D eigenvalue weighted by atomic mass is 10.2. The van der Waals surface area contributed by atoms with E-state index in [4.69, 9.17) is 16.3 Å². The van der Waals surface area contributed by atoms with Crippen molar-refractivity contribution in [2.24, 2.45) is 0 Å². The normalized spacial score (nSPS) is 10.7. The van der Waals surface area contributed by atoms with Crippen molar-refractivity contribution in [3.8, 4) is 5.75 Å². The molecule has 174 valence electrons. The molecule has 0 saturated heterocycles. The number of carbonyl (C=O) groups is 2. The van der Waals surface area contributed by atoms with E-state index in [0.29, 0.717) is 34.4 Å². The van der Waals surface area contributed by atoms with E-state index in [1.54, 1.807) is 71.7 Å².